The maximum Gasteiger partial charge on any atom is 0.226 e. The lowest BCUT2D eigenvalue weighted by Gasteiger charge is -2.22. The molecule has 2 rings (SSSR count). The van der Waals surface area contributed by atoms with Gasteiger partial charge in [-0.15, -0.1) is 0 Å². The van der Waals surface area contributed by atoms with Crippen LogP contribution in [0.3, 0.4) is 0 Å². The lowest BCUT2D eigenvalue weighted by molar-refractivity contribution is -0.117. The monoisotopic (exact) mass is 385 g/mol. The summed E-state index contributed by atoms with van der Waals surface area (Å²) in [5.74, 6) is -0.422. The Bertz CT molecular complexity index is 799. The number of para-hydroxylation sites is 2. The SMILES string of the molecule is CC(=O)N(CCC(=O)Nc1ccccc1Br)c1ccccc1C#N. The number of hydrogen-bond donors (Lipinski definition) is 1. The van der Waals surface area contributed by atoms with Gasteiger partial charge in [-0.1, -0.05) is 24.3 Å². The molecule has 6 heteroatoms. The molecule has 2 amide bonds. The number of benzene rings is 2. The number of hydrogen-bond acceptors (Lipinski definition) is 3. The third kappa shape index (κ3) is 4.43. The summed E-state index contributed by atoms with van der Waals surface area (Å²) in [4.78, 5) is 25.5. The minimum atomic E-state index is -0.216. The van der Waals surface area contributed by atoms with Crippen LogP contribution in [-0.4, -0.2) is 18.4 Å². The van der Waals surface area contributed by atoms with Gasteiger partial charge in [-0.05, 0) is 40.2 Å². The van der Waals surface area contributed by atoms with Gasteiger partial charge in [-0.25, -0.2) is 0 Å². The first-order valence-corrected chi connectivity index (χ1v) is 8.14. The topological polar surface area (TPSA) is 73.2 Å². The van der Waals surface area contributed by atoms with Crippen LogP contribution in [0, 0.1) is 11.3 Å². The fourth-order valence-corrected chi connectivity index (χ4v) is 2.62. The van der Waals surface area contributed by atoms with Crippen molar-refractivity contribution in [1.82, 2.24) is 0 Å². The Morgan fingerprint density at radius 2 is 1.83 bits per heavy atom. The number of rotatable bonds is 5. The van der Waals surface area contributed by atoms with Crippen LogP contribution in [0.4, 0.5) is 11.4 Å². The van der Waals surface area contributed by atoms with Crippen molar-refractivity contribution in [3.63, 3.8) is 0 Å². The minimum Gasteiger partial charge on any atom is -0.325 e. The van der Waals surface area contributed by atoms with Crippen molar-refractivity contribution in [2.24, 2.45) is 0 Å². The number of nitrogens with zero attached hydrogens (tertiary/aromatic N) is 2. The third-order valence-corrected chi connectivity index (χ3v) is 4.10. The highest BCUT2D eigenvalue weighted by Crippen LogP contribution is 2.22. The van der Waals surface area contributed by atoms with Gasteiger partial charge >= 0.3 is 0 Å². The number of halogens is 1. The molecule has 0 aliphatic rings. The van der Waals surface area contributed by atoms with Crippen molar-refractivity contribution in [3.05, 3.63) is 58.6 Å². The molecule has 0 aliphatic carbocycles. The van der Waals surface area contributed by atoms with Gasteiger partial charge in [0.25, 0.3) is 0 Å². The zero-order valence-corrected chi connectivity index (χ0v) is 14.7. The number of nitriles is 1. The summed E-state index contributed by atoms with van der Waals surface area (Å²) in [7, 11) is 0. The van der Waals surface area contributed by atoms with E-state index in [0.29, 0.717) is 16.9 Å². The fourth-order valence-electron chi connectivity index (χ4n) is 2.24. The lowest BCUT2D eigenvalue weighted by atomic mass is 10.1. The number of anilines is 2. The Morgan fingerprint density at radius 3 is 2.50 bits per heavy atom. The predicted octanol–water partition coefficient (Wildman–Crippen LogP) is 3.70. The third-order valence-electron chi connectivity index (χ3n) is 3.41. The van der Waals surface area contributed by atoms with Crippen molar-refractivity contribution < 1.29 is 9.59 Å². The molecular weight excluding hydrogens is 370 g/mol. The van der Waals surface area contributed by atoms with Gasteiger partial charge in [0.1, 0.15) is 6.07 Å². The van der Waals surface area contributed by atoms with Gasteiger partial charge in [0.2, 0.25) is 11.8 Å². The highest BCUT2D eigenvalue weighted by Gasteiger charge is 2.16. The molecule has 0 saturated heterocycles. The van der Waals surface area contributed by atoms with E-state index in [-0.39, 0.29) is 24.8 Å². The summed E-state index contributed by atoms with van der Waals surface area (Å²) >= 11 is 3.37. The van der Waals surface area contributed by atoms with Crippen LogP contribution in [0.1, 0.15) is 18.9 Å². The van der Waals surface area contributed by atoms with Gasteiger partial charge in [-0.3, -0.25) is 9.59 Å². The molecule has 0 bridgehead atoms. The van der Waals surface area contributed by atoms with Crippen LogP contribution in [0.25, 0.3) is 0 Å². The normalized spacial score (nSPS) is 9.88. The number of nitrogens with one attached hydrogen (secondary N) is 1. The summed E-state index contributed by atoms with van der Waals surface area (Å²) in [5.41, 5.74) is 1.59. The van der Waals surface area contributed by atoms with E-state index in [1.54, 1.807) is 30.3 Å². The standard InChI is InChI=1S/C18H16BrN3O2/c1-13(23)22(17-9-5-2-6-14(17)12-20)11-10-18(24)21-16-8-4-3-7-15(16)19/h2-9H,10-11H2,1H3,(H,21,24). The number of carbonyl (C=O) groups excluding carboxylic acids is 2. The zero-order chi connectivity index (χ0) is 17.5. The van der Waals surface area contributed by atoms with Crippen LogP contribution in [-0.2, 0) is 9.59 Å². The molecule has 0 atom stereocenters. The first-order valence-electron chi connectivity index (χ1n) is 7.34. The lowest BCUT2D eigenvalue weighted by Crippen LogP contribution is -2.32. The molecule has 0 fully saturated rings. The summed E-state index contributed by atoms with van der Waals surface area (Å²) in [6.07, 6.45) is 0.126. The van der Waals surface area contributed by atoms with Crippen molar-refractivity contribution >= 4 is 39.1 Å². The summed E-state index contributed by atoms with van der Waals surface area (Å²) in [6.45, 7) is 1.62. The molecule has 2 aromatic carbocycles. The zero-order valence-electron chi connectivity index (χ0n) is 13.1. The first kappa shape index (κ1) is 17.7. The summed E-state index contributed by atoms with van der Waals surface area (Å²) < 4.78 is 0.789. The molecule has 2 aromatic rings. The smallest absolute Gasteiger partial charge is 0.226 e. The molecule has 0 unspecified atom stereocenters. The quantitative estimate of drug-likeness (QED) is 0.852. The van der Waals surface area contributed by atoms with Crippen molar-refractivity contribution in [2.45, 2.75) is 13.3 Å². The second-order valence-electron chi connectivity index (χ2n) is 5.08. The van der Waals surface area contributed by atoms with Crippen LogP contribution >= 0.6 is 15.9 Å². The van der Waals surface area contributed by atoms with Gasteiger partial charge in [-0.2, -0.15) is 5.26 Å². The second-order valence-corrected chi connectivity index (χ2v) is 5.93. The molecular formula is C18H16BrN3O2. The molecule has 0 saturated carbocycles. The Morgan fingerprint density at radius 1 is 1.17 bits per heavy atom. The first-order chi connectivity index (χ1) is 11.5. The predicted molar refractivity (Wildman–Crippen MR) is 96.6 cm³/mol. The van der Waals surface area contributed by atoms with E-state index < -0.39 is 0 Å². The summed E-state index contributed by atoms with van der Waals surface area (Å²) in [5, 5.41) is 12.0. The molecule has 1 N–H and O–H groups in total. The van der Waals surface area contributed by atoms with Gasteiger partial charge < -0.3 is 10.2 Å². The van der Waals surface area contributed by atoms with E-state index in [4.69, 9.17) is 0 Å². The van der Waals surface area contributed by atoms with Crippen LogP contribution < -0.4 is 10.2 Å². The molecule has 0 aliphatic heterocycles. The highest BCUT2D eigenvalue weighted by molar-refractivity contribution is 9.10. The Balaban J connectivity index is 2.07. The Kier molecular flexibility index (Phi) is 6.10. The van der Waals surface area contributed by atoms with E-state index in [1.165, 1.54) is 11.8 Å². The van der Waals surface area contributed by atoms with Gasteiger partial charge in [0, 0.05) is 24.4 Å². The largest absolute Gasteiger partial charge is 0.325 e. The van der Waals surface area contributed by atoms with Crippen LogP contribution in [0.5, 0.6) is 0 Å². The van der Waals surface area contributed by atoms with Crippen LogP contribution in [0.2, 0.25) is 0 Å². The average molecular weight is 386 g/mol. The molecule has 0 aromatic heterocycles. The fraction of sp³-hybridized carbons (Fsp3) is 0.167. The minimum absolute atomic E-state index is 0.126. The molecule has 122 valence electrons. The van der Waals surface area contributed by atoms with E-state index in [0.717, 1.165) is 4.47 Å². The van der Waals surface area contributed by atoms with Crippen molar-refractivity contribution in [3.8, 4) is 6.07 Å². The molecule has 24 heavy (non-hydrogen) atoms. The molecule has 0 heterocycles. The van der Waals surface area contributed by atoms with E-state index in [2.05, 4.69) is 27.3 Å². The molecule has 0 spiro atoms. The average Bonchev–Trinajstić information content (AvgIpc) is 2.57. The maximum absolute atomic E-state index is 12.1. The van der Waals surface area contributed by atoms with Gasteiger partial charge in [0.05, 0.1) is 16.9 Å². The van der Waals surface area contributed by atoms with Crippen molar-refractivity contribution in [2.75, 3.05) is 16.8 Å². The Labute approximate surface area is 149 Å². The molecule has 0 radical (unpaired) electrons. The Hall–Kier alpha value is -2.65. The van der Waals surface area contributed by atoms with E-state index in [9.17, 15) is 14.9 Å². The highest BCUT2D eigenvalue weighted by atomic mass is 79.9. The maximum atomic E-state index is 12.1. The van der Waals surface area contributed by atoms with Crippen molar-refractivity contribution in [1.29, 1.82) is 5.26 Å². The second kappa shape index (κ2) is 8.27. The summed E-state index contributed by atoms with van der Waals surface area (Å²) in [6, 6.07) is 16.2. The van der Waals surface area contributed by atoms with Crippen LogP contribution in [0.15, 0.2) is 53.0 Å². The van der Waals surface area contributed by atoms with E-state index >= 15 is 0 Å². The number of amides is 2. The van der Waals surface area contributed by atoms with Gasteiger partial charge in [0.15, 0.2) is 0 Å². The molecule has 5 nitrogen and oxygen atoms in total. The number of carbonyl (C=O) groups is 2. The van der Waals surface area contributed by atoms with E-state index in [1.807, 2.05) is 18.2 Å².